The molecule has 20 heavy (non-hydrogen) atoms. The summed E-state index contributed by atoms with van der Waals surface area (Å²) in [5.41, 5.74) is 10.2. The molecule has 0 saturated heterocycles. The average molecular weight is 290 g/mol. The number of benzene rings is 2. The van der Waals surface area contributed by atoms with Crippen LogP contribution >= 0.6 is 11.6 Å². The number of nitrogens with two attached hydrogens (primary N) is 1. The fraction of sp³-hybridized carbons (Fsp3) is 0.294. The first kappa shape index (κ1) is 14.9. The second-order valence-electron chi connectivity index (χ2n) is 5.02. The highest BCUT2D eigenvalue weighted by Crippen LogP contribution is 2.26. The van der Waals surface area contributed by atoms with Gasteiger partial charge in [0.05, 0.1) is 0 Å². The molecule has 106 valence electrons. The third kappa shape index (κ3) is 3.75. The van der Waals surface area contributed by atoms with Gasteiger partial charge in [0.25, 0.3) is 0 Å². The van der Waals surface area contributed by atoms with Crippen molar-refractivity contribution in [1.29, 1.82) is 0 Å². The SMILES string of the molecule is Cc1cc(CCN)cc(C)c1OCc1cccc(Cl)c1. The van der Waals surface area contributed by atoms with Crippen LogP contribution in [0.5, 0.6) is 5.75 Å². The first-order valence-electron chi connectivity index (χ1n) is 6.77. The van der Waals surface area contributed by atoms with E-state index in [-0.39, 0.29) is 0 Å². The molecule has 2 aromatic rings. The number of hydrogen-bond donors (Lipinski definition) is 1. The zero-order valence-electron chi connectivity index (χ0n) is 11.9. The van der Waals surface area contributed by atoms with Crippen LogP contribution in [0.25, 0.3) is 0 Å². The quantitative estimate of drug-likeness (QED) is 0.902. The summed E-state index contributed by atoms with van der Waals surface area (Å²) in [5, 5.41) is 0.734. The minimum atomic E-state index is 0.526. The van der Waals surface area contributed by atoms with Crippen molar-refractivity contribution in [3.8, 4) is 5.75 Å². The minimum absolute atomic E-state index is 0.526. The predicted octanol–water partition coefficient (Wildman–Crippen LogP) is 4.04. The minimum Gasteiger partial charge on any atom is -0.488 e. The fourth-order valence-electron chi connectivity index (χ4n) is 2.36. The summed E-state index contributed by atoms with van der Waals surface area (Å²) < 4.78 is 5.95. The van der Waals surface area contributed by atoms with Gasteiger partial charge in [0.15, 0.2) is 0 Å². The van der Waals surface area contributed by atoms with Crippen LogP contribution in [0.1, 0.15) is 22.3 Å². The monoisotopic (exact) mass is 289 g/mol. The summed E-state index contributed by atoms with van der Waals surface area (Å²) in [4.78, 5) is 0. The molecule has 2 aromatic carbocycles. The molecule has 2 rings (SSSR count). The van der Waals surface area contributed by atoms with E-state index in [4.69, 9.17) is 22.1 Å². The molecule has 0 aromatic heterocycles. The standard InChI is InChI=1S/C17H20ClNO/c1-12-8-14(6-7-19)9-13(2)17(12)20-11-15-4-3-5-16(18)10-15/h3-5,8-10H,6-7,11,19H2,1-2H3. The maximum absolute atomic E-state index is 5.98. The van der Waals surface area contributed by atoms with Crippen LogP contribution in [0.2, 0.25) is 5.02 Å². The third-order valence-corrected chi connectivity index (χ3v) is 3.46. The van der Waals surface area contributed by atoms with E-state index in [9.17, 15) is 0 Å². The zero-order valence-corrected chi connectivity index (χ0v) is 12.7. The van der Waals surface area contributed by atoms with E-state index in [2.05, 4.69) is 26.0 Å². The van der Waals surface area contributed by atoms with E-state index in [1.165, 1.54) is 5.56 Å². The van der Waals surface area contributed by atoms with Gasteiger partial charge in [-0.15, -0.1) is 0 Å². The van der Waals surface area contributed by atoms with Gasteiger partial charge in [0.2, 0.25) is 0 Å². The van der Waals surface area contributed by atoms with Gasteiger partial charge in [0, 0.05) is 5.02 Å². The molecule has 0 saturated carbocycles. The van der Waals surface area contributed by atoms with Crippen molar-refractivity contribution in [3.63, 3.8) is 0 Å². The molecule has 3 heteroatoms. The Hall–Kier alpha value is -1.51. The van der Waals surface area contributed by atoms with Crippen LogP contribution in [0.4, 0.5) is 0 Å². The molecule has 0 aliphatic carbocycles. The third-order valence-electron chi connectivity index (χ3n) is 3.23. The molecule has 2 nitrogen and oxygen atoms in total. The van der Waals surface area contributed by atoms with Crippen molar-refractivity contribution >= 4 is 11.6 Å². The number of halogens is 1. The van der Waals surface area contributed by atoms with Gasteiger partial charge in [-0.25, -0.2) is 0 Å². The van der Waals surface area contributed by atoms with Gasteiger partial charge >= 0.3 is 0 Å². The van der Waals surface area contributed by atoms with Crippen LogP contribution in [0, 0.1) is 13.8 Å². The van der Waals surface area contributed by atoms with Gasteiger partial charge in [-0.2, -0.15) is 0 Å². The molecule has 0 radical (unpaired) electrons. The lowest BCUT2D eigenvalue weighted by Gasteiger charge is -2.14. The zero-order chi connectivity index (χ0) is 14.5. The fourth-order valence-corrected chi connectivity index (χ4v) is 2.57. The summed E-state index contributed by atoms with van der Waals surface area (Å²) >= 11 is 5.98. The molecular formula is C17H20ClNO. The second kappa shape index (κ2) is 6.78. The Morgan fingerprint density at radius 3 is 2.35 bits per heavy atom. The molecular weight excluding hydrogens is 270 g/mol. The number of ether oxygens (including phenoxy) is 1. The molecule has 0 atom stereocenters. The molecule has 0 heterocycles. The van der Waals surface area contributed by atoms with Crippen molar-refractivity contribution in [1.82, 2.24) is 0 Å². The first-order valence-corrected chi connectivity index (χ1v) is 7.15. The Morgan fingerprint density at radius 2 is 1.75 bits per heavy atom. The largest absolute Gasteiger partial charge is 0.488 e. The second-order valence-corrected chi connectivity index (χ2v) is 5.45. The van der Waals surface area contributed by atoms with Crippen LogP contribution in [0.3, 0.4) is 0 Å². The molecule has 2 N–H and O–H groups in total. The number of aryl methyl sites for hydroxylation is 2. The summed E-state index contributed by atoms with van der Waals surface area (Å²) in [6.07, 6.45) is 0.899. The molecule has 0 amide bonds. The van der Waals surface area contributed by atoms with E-state index >= 15 is 0 Å². The summed E-state index contributed by atoms with van der Waals surface area (Å²) in [7, 11) is 0. The smallest absolute Gasteiger partial charge is 0.125 e. The van der Waals surface area contributed by atoms with E-state index < -0.39 is 0 Å². The van der Waals surface area contributed by atoms with Crippen LogP contribution in [-0.4, -0.2) is 6.54 Å². The van der Waals surface area contributed by atoms with Gasteiger partial charge in [-0.1, -0.05) is 35.9 Å². The van der Waals surface area contributed by atoms with E-state index in [1.807, 2.05) is 24.3 Å². The van der Waals surface area contributed by atoms with Crippen molar-refractivity contribution in [2.24, 2.45) is 5.73 Å². The van der Waals surface area contributed by atoms with Crippen molar-refractivity contribution in [2.75, 3.05) is 6.54 Å². The van der Waals surface area contributed by atoms with Gasteiger partial charge in [-0.3, -0.25) is 0 Å². The first-order chi connectivity index (χ1) is 9.60. The Labute approximate surface area is 125 Å². The molecule has 0 spiro atoms. The summed E-state index contributed by atoms with van der Waals surface area (Å²) in [5.74, 6) is 0.950. The van der Waals surface area contributed by atoms with E-state index in [0.717, 1.165) is 33.9 Å². The Kier molecular flexibility index (Phi) is 5.05. The summed E-state index contributed by atoms with van der Waals surface area (Å²) in [6, 6.07) is 12.0. The highest BCUT2D eigenvalue weighted by molar-refractivity contribution is 6.30. The maximum atomic E-state index is 5.98. The highest BCUT2D eigenvalue weighted by atomic mass is 35.5. The number of rotatable bonds is 5. The van der Waals surface area contributed by atoms with Gasteiger partial charge in [0.1, 0.15) is 12.4 Å². The van der Waals surface area contributed by atoms with Crippen LogP contribution < -0.4 is 10.5 Å². The maximum Gasteiger partial charge on any atom is 0.125 e. The van der Waals surface area contributed by atoms with E-state index in [1.54, 1.807) is 0 Å². The van der Waals surface area contributed by atoms with Crippen LogP contribution in [-0.2, 0) is 13.0 Å². The predicted molar refractivity (Wildman–Crippen MR) is 84.5 cm³/mol. The molecule has 0 fully saturated rings. The molecule has 0 aliphatic rings. The van der Waals surface area contributed by atoms with Crippen molar-refractivity contribution < 1.29 is 4.74 Å². The topological polar surface area (TPSA) is 35.2 Å². The lowest BCUT2D eigenvalue weighted by atomic mass is 10.0. The Bertz CT molecular complexity index is 572. The normalized spacial score (nSPS) is 10.6. The molecule has 0 bridgehead atoms. The lowest BCUT2D eigenvalue weighted by molar-refractivity contribution is 0.302. The highest BCUT2D eigenvalue weighted by Gasteiger charge is 2.07. The van der Waals surface area contributed by atoms with Crippen molar-refractivity contribution in [3.05, 3.63) is 63.7 Å². The molecule has 0 aliphatic heterocycles. The number of hydrogen-bond acceptors (Lipinski definition) is 2. The van der Waals surface area contributed by atoms with Crippen LogP contribution in [0.15, 0.2) is 36.4 Å². The summed E-state index contributed by atoms with van der Waals surface area (Å²) in [6.45, 7) is 5.33. The van der Waals surface area contributed by atoms with Gasteiger partial charge < -0.3 is 10.5 Å². The van der Waals surface area contributed by atoms with Crippen molar-refractivity contribution in [2.45, 2.75) is 26.9 Å². The average Bonchev–Trinajstić information content (AvgIpc) is 2.38. The molecule has 0 unspecified atom stereocenters. The Balaban J connectivity index is 2.13. The van der Waals surface area contributed by atoms with E-state index in [0.29, 0.717) is 13.2 Å². The Morgan fingerprint density at radius 1 is 1.05 bits per heavy atom. The van der Waals surface area contributed by atoms with Gasteiger partial charge in [-0.05, 0) is 61.2 Å². The lowest BCUT2D eigenvalue weighted by Crippen LogP contribution is -2.04.